The number of primary amides is 1. The molecular weight excluding hydrogens is 991 g/mol. The molecule has 7 amide bonds. The van der Waals surface area contributed by atoms with Crippen LogP contribution in [0.5, 0.6) is 0 Å². The second-order valence-corrected chi connectivity index (χ2v) is 23.8. The van der Waals surface area contributed by atoms with Crippen LogP contribution < -0.4 is 37.6 Å². The van der Waals surface area contributed by atoms with Gasteiger partial charge >= 0.3 is 24.1 Å². The smallest absolute Gasteiger partial charge is 0.408 e. The number of carbonyl (C=O) groups excluding carboxylic acids is 9. The average Bonchev–Trinajstić information content (AvgIpc) is 3.35. The molecule has 1 aromatic carbocycles. The van der Waals surface area contributed by atoms with E-state index in [1.807, 2.05) is 33.8 Å². The average molecular weight is 1080 g/mol. The highest BCUT2D eigenvalue weighted by Crippen LogP contribution is 2.54. The molecule has 20 heteroatoms. The van der Waals surface area contributed by atoms with Gasteiger partial charge in [0.2, 0.25) is 29.5 Å². The molecule has 5 atom stereocenters. The predicted molar refractivity (Wildman–Crippen MR) is 286 cm³/mol. The molecule has 20 nitrogen and oxygen atoms in total. The second-order valence-electron chi connectivity index (χ2n) is 23.8. The Labute approximate surface area is 455 Å². The van der Waals surface area contributed by atoms with Gasteiger partial charge in [-0.3, -0.25) is 28.8 Å². The first-order chi connectivity index (χ1) is 36.5. The van der Waals surface area contributed by atoms with Gasteiger partial charge in [0.25, 0.3) is 0 Å². The van der Waals surface area contributed by atoms with Crippen LogP contribution in [0.15, 0.2) is 30.3 Å². The lowest BCUT2D eigenvalue weighted by atomic mass is 9.55. The number of alkyl carbamates (subject to hydrolysis) is 2. The first-order valence-corrected chi connectivity index (χ1v) is 28.4. The van der Waals surface area contributed by atoms with Crippen LogP contribution in [0.25, 0.3) is 0 Å². The van der Waals surface area contributed by atoms with Crippen molar-refractivity contribution in [3.8, 4) is 0 Å². The standard InChI is InChI=1S/C57H89N7O13/c1-34(2)26-45(52(69)61-44(21-23-47(58)65)54(71)74-33-36-16-10-8-11-17-36)63-53(70)46(27-35(3)4)62-51(68)43(22-24-48(66)75-41-18-12-9-13-19-41)60-50(67)42(64-56(73)77-57(5,6)7)20-14-15-25-59-55(72)76-49-39-29-37-28-38(31-39)32-40(49)30-37/h8,10-11,16-17,34-35,37-46,49H,9,12-15,18-33H2,1-7H3,(H2,58,65)(H,59,72)(H,60,67)(H,61,69)(H,62,68)(H,63,70)(H,64,73)/t37?,38?,39?,40?,42-,43-,44-,45-,46-,49?/m0/s1. The van der Waals surface area contributed by atoms with Crippen LogP contribution in [-0.2, 0) is 59.1 Å². The van der Waals surface area contributed by atoms with E-state index in [1.54, 1.807) is 45.0 Å². The number of hydrogen-bond donors (Lipinski definition) is 7. The van der Waals surface area contributed by atoms with Crippen molar-refractivity contribution < 1.29 is 62.1 Å². The molecule has 0 aromatic heterocycles. The van der Waals surface area contributed by atoms with Gasteiger partial charge in [-0.1, -0.05) is 64.4 Å². The van der Waals surface area contributed by atoms with E-state index in [-0.39, 0.29) is 82.1 Å². The molecule has 0 unspecified atom stereocenters. The monoisotopic (exact) mass is 1080 g/mol. The number of nitrogens with one attached hydrogen (secondary N) is 6. The van der Waals surface area contributed by atoms with Crippen molar-refractivity contribution in [2.24, 2.45) is 41.2 Å². The van der Waals surface area contributed by atoms with Crippen LogP contribution >= 0.6 is 0 Å². The minimum atomic E-state index is -1.41. The number of ether oxygens (including phenoxy) is 4. The summed E-state index contributed by atoms with van der Waals surface area (Å²) < 4.78 is 22.7. The Kier molecular flexibility index (Phi) is 24.3. The Balaban J connectivity index is 1.27. The van der Waals surface area contributed by atoms with E-state index in [2.05, 4.69) is 31.9 Å². The number of amides is 7. The Hall–Kier alpha value is -5.95. The van der Waals surface area contributed by atoms with E-state index in [0.717, 1.165) is 69.6 Å². The normalized spacial score (nSPS) is 21.8. The second kappa shape index (κ2) is 30.3. The molecule has 0 saturated heterocycles. The van der Waals surface area contributed by atoms with Crippen LogP contribution in [0.1, 0.15) is 176 Å². The van der Waals surface area contributed by atoms with Gasteiger partial charge in [-0.25, -0.2) is 14.4 Å². The fourth-order valence-corrected chi connectivity index (χ4v) is 11.4. The van der Waals surface area contributed by atoms with Crippen LogP contribution in [0, 0.1) is 35.5 Å². The minimum Gasteiger partial charge on any atom is -0.462 e. The number of hydrogen-bond acceptors (Lipinski definition) is 13. The lowest BCUT2D eigenvalue weighted by Gasteiger charge is -2.53. The maximum absolute atomic E-state index is 14.5. The van der Waals surface area contributed by atoms with Gasteiger partial charge in [-0.2, -0.15) is 0 Å². The van der Waals surface area contributed by atoms with Gasteiger partial charge in [0.15, 0.2) is 0 Å². The zero-order chi connectivity index (χ0) is 56.2. The van der Waals surface area contributed by atoms with Crippen molar-refractivity contribution in [3.05, 3.63) is 35.9 Å². The molecule has 5 aliphatic carbocycles. The molecule has 4 bridgehead atoms. The number of rotatable bonds is 29. The summed E-state index contributed by atoms with van der Waals surface area (Å²) in [5, 5.41) is 16.4. The fraction of sp³-hybridized carbons (Fsp3) is 0.737. The summed E-state index contributed by atoms with van der Waals surface area (Å²) >= 11 is 0. The summed E-state index contributed by atoms with van der Waals surface area (Å²) in [5.74, 6) is -3.08. The highest BCUT2D eigenvalue weighted by Gasteiger charge is 2.50. The third-order valence-electron chi connectivity index (χ3n) is 14.9. The molecule has 0 aliphatic heterocycles. The van der Waals surface area contributed by atoms with E-state index in [9.17, 15) is 43.2 Å². The van der Waals surface area contributed by atoms with Crippen LogP contribution in [0.4, 0.5) is 9.59 Å². The molecule has 77 heavy (non-hydrogen) atoms. The molecule has 5 fully saturated rings. The van der Waals surface area contributed by atoms with Gasteiger partial charge in [0, 0.05) is 19.4 Å². The highest BCUT2D eigenvalue weighted by atomic mass is 16.6. The SMILES string of the molecule is CC(C)C[C@H](NC(=O)[C@H](CCC(=O)OC1CCCCC1)NC(=O)[C@H](CCCCNC(=O)OC1C2CC3CC(C2)CC1C3)NC(=O)OC(C)(C)C)C(=O)N[C@@H](CC(C)C)C(=O)N[C@@H](CCC(N)=O)C(=O)OCc1ccccc1. The van der Waals surface area contributed by atoms with Gasteiger partial charge in [0.05, 0.1) is 0 Å². The van der Waals surface area contributed by atoms with Gasteiger partial charge in [0.1, 0.15) is 54.6 Å². The van der Waals surface area contributed by atoms with Gasteiger partial charge in [-0.05, 0) is 165 Å². The first kappa shape index (κ1) is 61.9. The molecule has 0 heterocycles. The molecule has 5 aliphatic rings. The Morgan fingerprint density at radius 1 is 0.597 bits per heavy atom. The Morgan fingerprint density at radius 3 is 1.66 bits per heavy atom. The van der Waals surface area contributed by atoms with Crippen LogP contribution in [0.2, 0.25) is 0 Å². The van der Waals surface area contributed by atoms with E-state index >= 15 is 0 Å². The van der Waals surface area contributed by atoms with Crippen molar-refractivity contribution in [2.45, 2.75) is 225 Å². The first-order valence-electron chi connectivity index (χ1n) is 28.4. The number of carbonyl (C=O) groups is 9. The topological polar surface area (TPSA) is 289 Å². The zero-order valence-corrected chi connectivity index (χ0v) is 46.6. The molecule has 0 radical (unpaired) electrons. The van der Waals surface area contributed by atoms with Crippen molar-refractivity contribution >= 4 is 53.7 Å². The summed E-state index contributed by atoms with van der Waals surface area (Å²) in [7, 11) is 0. The number of esters is 2. The molecule has 8 N–H and O–H groups in total. The van der Waals surface area contributed by atoms with Crippen LogP contribution in [-0.4, -0.2) is 108 Å². The largest absolute Gasteiger partial charge is 0.462 e. The molecule has 430 valence electrons. The lowest BCUT2D eigenvalue weighted by Crippen LogP contribution is -2.59. The molecule has 5 saturated carbocycles. The Bertz CT molecular complexity index is 2120. The van der Waals surface area contributed by atoms with E-state index in [0.29, 0.717) is 30.2 Å². The van der Waals surface area contributed by atoms with Crippen molar-refractivity contribution in [1.29, 1.82) is 0 Å². The van der Waals surface area contributed by atoms with E-state index in [4.69, 9.17) is 24.7 Å². The highest BCUT2D eigenvalue weighted by molar-refractivity contribution is 5.96. The Morgan fingerprint density at radius 2 is 1.12 bits per heavy atom. The molecular formula is C57H89N7O13. The third-order valence-corrected chi connectivity index (χ3v) is 14.9. The summed E-state index contributed by atoms with van der Waals surface area (Å²) in [6.07, 6.45) is 8.61. The number of benzene rings is 1. The molecule has 0 spiro atoms. The maximum atomic E-state index is 14.5. The van der Waals surface area contributed by atoms with Gasteiger partial charge < -0.3 is 56.6 Å². The maximum Gasteiger partial charge on any atom is 0.408 e. The predicted octanol–water partition coefficient (Wildman–Crippen LogP) is 6.30. The van der Waals surface area contributed by atoms with Crippen molar-refractivity contribution in [2.75, 3.05) is 6.54 Å². The molecule has 6 rings (SSSR count). The van der Waals surface area contributed by atoms with Gasteiger partial charge in [-0.15, -0.1) is 0 Å². The fourth-order valence-electron chi connectivity index (χ4n) is 11.4. The third kappa shape index (κ3) is 21.8. The quantitative estimate of drug-likeness (QED) is 0.0264. The van der Waals surface area contributed by atoms with E-state index in [1.165, 1.54) is 6.42 Å². The number of nitrogens with two attached hydrogens (primary N) is 1. The summed E-state index contributed by atoms with van der Waals surface area (Å²) in [6.45, 7) is 12.6. The zero-order valence-electron chi connectivity index (χ0n) is 46.6. The van der Waals surface area contributed by atoms with Crippen molar-refractivity contribution in [3.63, 3.8) is 0 Å². The minimum absolute atomic E-state index is 0.0687. The van der Waals surface area contributed by atoms with Crippen LogP contribution in [0.3, 0.4) is 0 Å². The lowest BCUT2D eigenvalue weighted by molar-refractivity contribution is -0.151. The summed E-state index contributed by atoms with van der Waals surface area (Å²) in [6, 6.07) is 2.53. The summed E-state index contributed by atoms with van der Waals surface area (Å²) in [5.41, 5.74) is 5.21. The summed E-state index contributed by atoms with van der Waals surface area (Å²) in [4.78, 5) is 122. The number of unbranched alkanes of at least 4 members (excludes halogenated alkanes) is 1. The van der Waals surface area contributed by atoms with E-state index < -0.39 is 89.5 Å². The van der Waals surface area contributed by atoms with Crippen molar-refractivity contribution in [1.82, 2.24) is 31.9 Å². The molecule has 1 aromatic rings.